The molecule has 0 spiro atoms. The van der Waals surface area contributed by atoms with Crippen LogP contribution in [-0.2, 0) is 17.9 Å². The fraction of sp³-hybridized carbons (Fsp3) is 0.727. The van der Waals surface area contributed by atoms with Crippen LogP contribution in [0.4, 0.5) is 13.2 Å². The van der Waals surface area contributed by atoms with Crippen molar-refractivity contribution in [1.82, 2.24) is 10.3 Å². The van der Waals surface area contributed by atoms with Crippen LogP contribution < -0.4 is 5.32 Å². The Hall–Kier alpha value is -1.08. The van der Waals surface area contributed by atoms with Gasteiger partial charge >= 0.3 is 6.18 Å². The lowest BCUT2D eigenvalue weighted by Crippen LogP contribution is -2.19. The van der Waals surface area contributed by atoms with Crippen molar-refractivity contribution >= 4 is 0 Å². The predicted molar refractivity (Wildman–Crippen MR) is 58.8 cm³/mol. The van der Waals surface area contributed by atoms with Gasteiger partial charge in [-0.2, -0.15) is 13.2 Å². The Morgan fingerprint density at radius 3 is 2.78 bits per heavy atom. The van der Waals surface area contributed by atoms with Crippen LogP contribution in [-0.4, -0.2) is 24.3 Å². The molecule has 0 bridgehead atoms. The minimum Gasteiger partial charge on any atom is -0.442 e. The second-order valence-electron chi connectivity index (χ2n) is 4.35. The second kappa shape index (κ2) is 6.75. The van der Waals surface area contributed by atoms with Crippen LogP contribution in [0.5, 0.6) is 0 Å². The number of alkyl halides is 3. The molecule has 7 heteroatoms. The number of rotatable bonds is 7. The third-order valence-corrected chi connectivity index (χ3v) is 1.94. The van der Waals surface area contributed by atoms with Crippen molar-refractivity contribution < 1.29 is 22.3 Å². The normalized spacial score (nSPS) is 12.3. The van der Waals surface area contributed by atoms with E-state index in [1.54, 1.807) is 0 Å². The van der Waals surface area contributed by atoms with Gasteiger partial charge < -0.3 is 14.5 Å². The van der Waals surface area contributed by atoms with E-state index < -0.39 is 12.8 Å². The average molecular weight is 266 g/mol. The van der Waals surface area contributed by atoms with Gasteiger partial charge in [0.05, 0.1) is 12.7 Å². The van der Waals surface area contributed by atoms with E-state index in [0.29, 0.717) is 24.1 Å². The minimum atomic E-state index is -4.32. The first kappa shape index (κ1) is 15.0. The SMILES string of the molecule is CC(C)CNCc1ncc(COCC(F)(F)F)o1. The lowest BCUT2D eigenvalue weighted by Gasteiger charge is -2.05. The number of ether oxygens (including phenoxy) is 1. The van der Waals surface area contributed by atoms with E-state index >= 15 is 0 Å². The van der Waals surface area contributed by atoms with Gasteiger partial charge in [0.25, 0.3) is 0 Å². The molecule has 1 N–H and O–H groups in total. The molecule has 0 amide bonds. The summed E-state index contributed by atoms with van der Waals surface area (Å²) in [5.41, 5.74) is 0. The highest BCUT2D eigenvalue weighted by Gasteiger charge is 2.27. The minimum absolute atomic E-state index is 0.226. The van der Waals surface area contributed by atoms with Gasteiger partial charge in [0, 0.05) is 0 Å². The van der Waals surface area contributed by atoms with Crippen LogP contribution >= 0.6 is 0 Å². The Morgan fingerprint density at radius 1 is 1.44 bits per heavy atom. The summed E-state index contributed by atoms with van der Waals surface area (Å²) in [7, 11) is 0. The number of hydrogen-bond acceptors (Lipinski definition) is 4. The average Bonchev–Trinajstić information content (AvgIpc) is 2.63. The zero-order valence-electron chi connectivity index (χ0n) is 10.4. The van der Waals surface area contributed by atoms with Gasteiger partial charge in [-0.25, -0.2) is 4.98 Å². The Labute approximate surface area is 104 Å². The van der Waals surface area contributed by atoms with E-state index in [0.717, 1.165) is 6.54 Å². The summed E-state index contributed by atoms with van der Waals surface area (Å²) in [5.74, 6) is 1.25. The van der Waals surface area contributed by atoms with Crippen LogP contribution in [0.2, 0.25) is 0 Å². The highest BCUT2D eigenvalue weighted by molar-refractivity contribution is 4.92. The van der Waals surface area contributed by atoms with Gasteiger partial charge in [-0.3, -0.25) is 0 Å². The summed E-state index contributed by atoms with van der Waals surface area (Å²) in [6, 6.07) is 0. The van der Waals surface area contributed by atoms with Crippen molar-refractivity contribution in [2.45, 2.75) is 33.2 Å². The molecule has 18 heavy (non-hydrogen) atoms. The molecule has 0 unspecified atom stereocenters. The largest absolute Gasteiger partial charge is 0.442 e. The van der Waals surface area contributed by atoms with E-state index in [1.807, 2.05) is 0 Å². The molecule has 0 fully saturated rings. The fourth-order valence-electron chi connectivity index (χ4n) is 1.23. The number of hydrogen-bond donors (Lipinski definition) is 1. The molecule has 0 atom stereocenters. The highest BCUT2D eigenvalue weighted by Crippen LogP contribution is 2.15. The van der Waals surface area contributed by atoms with Gasteiger partial charge in [0.2, 0.25) is 5.89 Å². The number of nitrogens with one attached hydrogen (secondary N) is 1. The third kappa shape index (κ3) is 6.61. The van der Waals surface area contributed by atoms with Crippen LogP contribution in [0.15, 0.2) is 10.6 Å². The molecule has 104 valence electrons. The summed E-state index contributed by atoms with van der Waals surface area (Å²) in [4.78, 5) is 3.94. The van der Waals surface area contributed by atoms with Crippen LogP contribution in [0, 0.1) is 5.92 Å². The Balaban J connectivity index is 2.26. The zero-order valence-corrected chi connectivity index (χ0v) is 10.4. The summed E-state index contributed by atoms with van der Waals surface area (Å²) >= 11 is 0. The van der Waals surface area contributed by atoms with Crippen molar-refractivity contribution in [1.29, 1.82) is 0 Å². The van der Waals surface area contributed by atoms with E-state index in [2.05, 4.69) is 28.9 Å². The molecule has 0 radical (unpaired) electrons. The molecule has 0 aromatic carbocycles. The zero-order chi connectivity index (χ0) is 13.6. The van der Waals surface area contributed by atoms with Crippen molar-refractivity contribution in [2.24, 2.45) is 5.92 Å². The monoisotopic (exact) mass is 266 g/mol. The fourth-order valence-corrected chi connectivity index (χ4v) is 1.23. The maximum atomic E-state index is 11.8. The molecule has 0 saturated carbocycles. The first-order valence-corrected chi connectivity index (χ1v) is 5.65. The lowest BCUT2D eigenvalue weighted by molar-refractivity contribution is -0.177. The Kier molecular flexibility index (Phi) is 5.61. The Morgan fingerprint density at radius 2 is 2.17 bits per heavy atom. The molecular formula is C11H17F3N2O2. The number of aromatic nitrogens is 1. The quantitative estimate of drug-likeness (QED) is 0.823. The smallest absolute Gasteiger partial charge is 0.411 e. The van der Waals surface area contributed by atoms with E-state index in [1.165, 1.54) is 6.20 Å². The third-order valence-electron chi connectivity index (χ3n) is 1.94. The van der Waals surface area contributed by atoms with Gasteiger partial charge in [0.15, 0.2) is 0 Å². The molecule has 4 nitrogen and oxygen atoms in total. The van der Waals surface area contributed by atoms with Gasteiger partial charge in [0.1, 0.15) is 19.0 Å². The van der Waals surface area contributed by atoms with E-state index in [4.69, 9.17) is 4.42 Å². The van der Waals surface area contributed by atoms with Crippen LogP contribution in [0.1, 0.15) is 25.5 Å². The molecule has 0 saturated heterocycles. The topological polar surface area (TPSA) is 47.3 Å². The van der Waals surface area contributed by atoms with Gasteiger partial charge in [-0.15, -0.1) is 0 Å². The van der Waals surface area contributed by atoms with Crippen molar-refractivity contribution in [3.8, 4) is 0 Å². The number of nitrogens with zero attached hydrogens (tertiary/aromatic N) is 1. The van der Waals surface area contributed by atoms with Crippen molar-refractivity contribution in [3.05, 3.63) is 17.8 Å². The standard InChI is InChI=1S/C11H17F3N2O2/c1-8(2)3-15-5-10-16-4-9(18-10)6-17-7-11(12,13)14/h4,8,15H,3,5-7H2,1-2H3. The summed E-state index contributed by atoms with van der Waals surface area (Å²) < 4.78 is 45.1. The maximum Gasteiger partial charge on any atom is 0.411 e. The molecule has 0 aliphatic carbocycles. The van der Waals surface area contributed by atoms with Crippen LogP contribution in [0.3, 0.4) is 0 Å². The van der Waals surface area contributed by atoms with Gasteiger partial charge in [-0.1, -0.05) is 13.8 Å². The summed E-state index contributed by atoms with van der Waals surface area (Å²) in [6.45, 7) is 3.91. The summed E-state index contributed by atoms with van der Waals surface area (Å²) in [6.07, 6.45) is -2.94. The maximum absolute atomic E-state index is 11.8. The molecule has 1 aromatic rings. The Bertz CT molecular complexity index is 350. The molecule has 0 aliphatic rings. The molecule has 0 aliphatic heterocycles. The molecular weight excluding hydrogens is 249 g/mol. The molecule has 1 heterocycles. The first-order chi connectivity index (χ1) is 8.37. The van der Waals surface area contributed by atoms with Crippen molar-refractivity contribution in [3.63, 3.8) is 0 Å². The molecule has 1 aromatic heterocycles. The number of halogens is 3. The highest BCUT2D eigenvalue weighted by atomic mass is 19.4. The number of oxazole rings is 1. The first-order valence-electron chi connectivity index (χ1n) is 5.65. The second-order valence-corrected chi connectivity index (χ2v) is 4.35. The lowest BCUT2D eigenvalue weighted by atomic mass is 10.2. The predicted octanol–water partition coefficient (Wildman–Crippen LogP) is 2.50. The van der Waals surface area contributed by atoms with Crippen molar-refractivity contribution in [2.75, 3.05) is 13.2 Å². The van der Waals surface area contributed by atoms with E-state index in [-0.39, 0.29) is 6.61 Å². The summed E-state index contributed by atoms with van der Waals surface area (Å²) in [5, 5.41) is 3.12. The van der Waals surface area contributed by atoms with E-state index in [9.17, 15) is 13.2 Å². The molecule has 1 rings (SSSR count). The van der Waals surface area contributed by atoms with Crippen LogP contribution in [0.25, 0.3) is 0 Å². The van der Waals surface area contributed by atoms with Gasteiger partial charge in [-0.05, 0) is 12.5 Å².